The van der Waals surface area contributed by atoms with Gasteiger partial charge in [0.2, 0.25) is 5.82 Å². The molecule has 0 amide bonds. The predicted octanol–water partition coefficient (Wildman–Crippen LogP) is 8.43. The Morgan fingerprint density at radius 3 is 2.45 bits per heavy atom. The van der Waals surface area contributed by atoms with Crippen LogP contribution in [0.15, 0.2) is 124 Å². The Balaban J connectivity index is 1.26. The van der Waals surface area contributed by atoms with Crippen LogP contribution >= 0.6 is 22.6 Å². The van der Waals surface area contributed by atoms with E-state index in [1.54, 1.807) is 12.3 Å². The van der Waals surface area contributed by atoms with Crippen LogP contribution in [0.5, 0.6) is 11.5 Å². The summed E-state index contributed by atoms with van der Waals surface area (Å²) in [6, 6.07) is 35.1. The van der Waals surface area contributed by atoms with Gasteiger partial charge in [-0.2, -0.15) is 9.78 Å². The molecule has 0 unspecified atom stereocenters. The number of para-hydroxylation sites is 2. The van der Waals surface area contributed by atoms with Crippen LogP contribution in [0.4, 0.5) is 0 Å². The lowest BCUT2D eigenvalue weighted by Gasteiger charge is -2.15. The zero-order valence-corrected chi connectivity index (χ0v) is 25.9. The molecule has 5 aromatic carbocycles. The molecule has 7 nitrogen and oxygen atoms in total. The van der Waals surface area contributed by atoms with E-state index in [1.165, 1.54) is 10.1 Å². The molecule has 7 rings (SSSR count). The van der Waals surface area contributed by atoms with Crippen molar-refractivity contribution in [1.29, 1.82) is 0 Å². The molecular weight excluding hydrogens is 665 g/mol. The number of fused-ring (bicyclic) bond motifs is 3. The lowest BCUT2D eigenvalue weighted by molar-refractivity contribution is 0.268. The molecule has 0 aliphatic heterocycles. The van der Waals surface area contributed by atoms with Gasteiger partial charge in [0.25, 0.3) is 5.56 Å². The minimum absolute atomic E-state index is 0.294. The van der Waals surface area contributed by atoms with Gasteiger partial charge < -0.3 is 13.9 Å². The molecule has 0 aliphatic carbocycles. The van der Waals surface area contributed by atoms with E-state index in [1.807, 2.05) is 85.8 Å². The average molecular weight is 692 g/mol. The van der Waals surface area contributed by atoms with Gasteiger partial charge in [-0.05, 0) is 87.8 Å². The summed E-state index contributed by atoms with van der Waals surface area (Å²) < 4.78 is 20.6. The summed E-state index contributed by atoms with van der Waals surface area (Å²) >= 11 is 2.25. The number of ether oxygens (including phenoxy) is 2. The van der Waals surface area contributed by atoms with Crippen molar-refractivity contribution in [3.63, 3.8) is 0 Å². The van der Waals surface area contributed by atoms with E-state index in [2.05, 4.69) is 52.0 Å². The van der Waals surface area contributed by atoms with E-state index < -0.39 is 0 Å². The molecule has 216 valence electrons. The summed E-state index contributed by atoms with van der Waals surface area (Å²) in [5.41, 5.74) is 2.81. The van der Waals surface area contributed by atoms with Crippen LogP contribution in [0.2, 0.25) is 0 Å². The molecule has 0 N–H and O–H groups in total. The van der Waals surface area contributed by atoms with Crippen LogP contribution in [0.1, 0.15) is 18.1 Å². The topological polar surface area (TPSA) is 78.9 Å². The Hall–Kier alpha value is -4.96. The van der Waals surface area contributed by atoms with Gasteiger partial charge in [-0.25, -0.2) is 4.98 Å². The summed E-state index contributed by atoms with van der Waals surface area (Å²) in [7, 11) is 0. The van der Waals surface area contributed by atoms with Crippen LogP contribution in [0.25, 0.3) is 44.2 Å². The third-order valence-electron chi connectivity index (χ3n) is 7.31. The monoisotopic (exact) mass is 691 g/mol. The quantitative estimate of drug-likeness (QED) is 0.118. The zero-order valence-electron chi connectivity index (χ0n) is 23.7. The molecule has 0 saturated carbocycles. The van der Waals surface area contributed by atoms with Crippen molar-refractivity contribution >= 4 is 61.5 Å². The molecule has 2 aromatic heterocycles. The van der Waals surface area contributed by atoms with Gasteiger partial charge in [0, 0.05) is 5.39 Å². The van der Waals surface area contributed by atoms with Gasteiger partial charge in [0.05, 0.1) is 27.3 Å². The second-order valence-corrected chi connectivity index (χ2v) is 11.3. The molecule has 0 bridgehead atoms. The Morgan fingerprint density at radius 2 is 1.61 bits per heavy atom. The van der Waals surface area contributed by atoms with E-state index in [0.717, 1.165) is 25.5 Å². The zero-order chi connectivity index (χ0) is 30.0. The maximum Gasteiger partial charge on any atom is 0.282 e. The second-order valence-electron chi connectivity index (χ2n) is 10.2. The first-order valence-electron chi connectivity index (χ1n) is 14.2. The van der Waals surface area contributed by atoms with Crippen molar-refractivity contribution < 1.29 is 13.9 Å². The fourth-order valence-electron chi connectivity index (χ4n) is 5.24. The Labute approximate surface area is 266 Å². The number of benzene rings is 5. The summed E-state index contributed by atoms with van der Waals surface area (Å²) in [6.07, 6.45) is 1.63. The van der Waals surface area contributed by atoms with Crippen LogP contribution < -0.4 is 15.0 Å². The van der Waals surface area contributed by atoms with Crippen LogP contribution in [-0.2, 0) is 6.61 Å². The number of halogens is 1. The van der Waals surface area contributed by atoms with Crippen molar-refractivity contribution in [1.82, 2.24) is 9.66 Å². The van der Waals surface area contributed by atoms with Crippen LogP contribution in [0, 0.1) is 3.57 Å². The highest BCUT2D eigenvalue weighted by atomic mass is 127. The first-order chi connectivity index (χ1) is 21.6. The minimum atomic E-state index is -0.294. The molecule has 8 heteroatoms. The molecule has 2 heterocycles. The number of nitrogens with zero attached hydrogens (tertiary/aromatic N) is 3. The molecule has 44 heavy (non-hydrogen) atoms. The lowest BCUT2D eigenvalue weighted by atomic mass is 10.1. The Kier molecular flexibility index (Phi) is 7.57. The predicted molar refractivity (Wildman–Crippen MR) is 183 cm³/mol. The fourth-order valence-corrected chi connectivity index (χ4v) is 6.02. The summed E-state index contributed by atoms with van der Waals surface area (Å²) in [5.74, 6) is 2.02. The third kappa shape index (κ3) is 5.33. The van der Waals surface area contributed by atoms with Crippen molar-refractivity contribution in [3.8, 4) is 23.1 Å². The Morgan fingerprint density at radius 1 is 0.864 bits per heavy atom. The normalized spacial score (nSPS) is 11.6. The number of hydrogen-bond donors (Lipinski definition) is 0. The van der Waals surface area contributed by atoms with Crippen LogP contribution in [-0.4, -0.2) is 22.5 Å². The van der Waals surface area contributed by atoms with Crippen molar-refractivity contribution in [2.24, 2.45) is 5.10 Å². The largest absolute Gasteiger partial charge is 0.490 e. The molecule has 0 atom stereocenters. The summed E-state index contributed by atoms with van der Waals surface area (Å²) in [5, 5.41) is 8.33. The highest BCUT2D eigenvalue weighted by Gasteiger charge is 2.17. The van der Waals surface area contributed by atoms with Crippen molar-refractivity contribution in [2.45, 2.75) is 13.5 Å². The average Bonchev–Trinajstić information content (AvgIpc) is 3.48. The van der Waals surface area contributed by atoms with Gasteiger partial charge in [0.15, 0.2) is 17.3 Å². The number of aromatic nitrogens is 2. The molecule has 0 spiro atoms. The van der Waals surface area contributed by atoms with Gasteiger partial charge in [-0.3, -0.25) is 4.79 Å². The molecule has 0 saturated heterocycles. The molecule has 0 radical (unpaired) electrons. The first-order valence-corrected chi connectivity index (χ1v) is 15.3. The molecular formula is C36H26IN3O4. The fraction of sp³-hybridized carbons (Fsp3) is 0.0833. The second kappa shape index (κ2) is 12.0. The van der Waals surface area contributed by atoms with Gasteiger partial charge in [0.1, 0.15) is 12.2 Å². The standard InChI is InChI=1S/C36H26IN3O4/c1-2-42-32-19-23(18-29(37)34(32)43-22-26-13-9-12-24-10-3-5-14-27(24)26)21-38-40-35(33-20-25-11-4-8-17-31(25)44-33)39-30-16-7-6-15-28(30)36(40)41/h3-21H,2,22H2,1H3. The van der Waals surface area contributed by atoms with E-state index in [0.29, 0.717) is 52.8 Å². The highest BCUT2D eigenvalue weighted by molar-refractivity contribution is 14.1. The number of rotatable bonds is 8. The van der Waals surface area contributed by atoms with Gasteiger partial charge in [-0.1, -0.05) is 72.8 Å². The Bertz CT molecular complexity index is 2220. The molecule has 0 fully saturated rings. The van der Waals surface area contributed by atoms with E-state index in [4.69, 9.17) is 18.9 Å². The van der Waals surface area contributed by atoms with Crippen molar-refractivity contribution in [2.75, 3.05) is 6.61 Å². The lowest BCUT2D eigenvalue weighted by Crippen LogP contribution is -2.20. The summed E-state index contributed by atoms with van der Waals surface area (Å²) in [6.45, 7) is 2.79. The first kappa shape index (κ1) is 27.8. The number of hydrogen-bond acceptors (Lipinski definition) is 6. The highest BCUT2D eigenvalue weighted by Crippen LogP contribution is 2.35. The number of furan rings is 1. The van der Waals surface area contributed by atoms with Gasteiger partial charge >= 0.3 is 0 Å². The van der Waals surface area contributed by atoms with E-state index in [9.17, 15) is 4.79 Å². The third-order valence-corrected chi connectivity index (χ3v) is 8.11. The summed E-state index contributed by atoms with van der Waals surface area (Å²) in [4.78, 5) is 18.5. The minimum Gasteiger partial charge on any atom is -0.490 e. The van der Waals surface area contributed by atoms with Crippen molar-refractivity contribution in [3.05, 3.63) is 134 Å². The smallest absolute Gasteiger partial charge is 0.282 e. The maximum atomic E-state index is 13.7. The van der Waals surface area contributed by atoms with E-state index in [-0.39, 0.29) is 5.56 Å². The van der Waals surface area contributed by atoms with Crippen LogP contribution in [0.3, 0.4) is 0 Å². The SMILES string of the molecule is CCOc1cc(C=Nn2c(-c3cc4ccccc4o3)nc3ccccc3c2=O)cc(I)c1OCc1cccc2ccccc12. The van der Waals surface area contributed by atoms with E-state index >= 15 is 0 Å². The molecule has 7 aromatic rings. The maximum absolute atomic E-state index is 13.7. The van der Waals surface area contributed by atoms with Gasteiger partial charge in [-0.15, -0.1) is 0 Å². The molecule has 0 aliphatic rings.